The van der Waals surface area contributed by atoms with E-state index >= 15 is 0 Å². The van der Waals surface area contributed by atoms with E-state index in [-0.39, 0.29) is 5.91 Å². The third-order valence-electron chi connectivity index (χ3n) is 3.57. The molecule has 0 aliphatic rings. The number of hydrogen-bond donors (Lipinski definition) is 3. The number of nitrogens with zero attached hydrogens (tertiary/aromatic N) is 2. The average Bonchev–Trinajstić information content (AvgIpc) is 3.21. The maximum atomic E-state index is 12.2. The zero-order chi connectivity index (χ0) is 16.5. The second-order valence-corrected chi connectivity index (χ2v) is 6.15. The highest BCUT2D eigenvalue weighted by Gasteiger charge is 2.11. The first-order valence-corrected chi connectivity index (χ1v) is 8.06. The Hall–Kier alpha value is -2.93. The van der Waals surface area contributed by atoms with Crippen LogP contribution in [0.5, 0.6) is 0 Å². The van der Waals surface area contributed by atoms with Crippen molar-refractivity contribution in [3.63, 3.8) is 0 Å². The van der Waals surface area contributed by atoms with Crippen molar-refractivity contribution in [1.29, 1.82) is 0 Å². The van der Waals surface area contributed by atoms with E-state index in [0.717, 1.165) is 15.5 Å². The number of benzene rings is 2. The third kappa shape index (κ3) is 2.81. The predicted octanol–water partition coefficient (Wildman–Crippen LogP) is 3.97. The van der Waals surface area contributed by atoms with Crippen molar-refractivity contribution in [2.45, 2.75) is 0 Å². The minimum Gasteiger partial charge on any atom is -0.337 e. The molecule has 0 saturated heterocycles. The number of aromatic amines is 2. The average molecular weight is 382 g/mol. The molecule has 6 nitrogen and oxygen atoms in total. The first-order chi connectivity index (χ1) is 11.7. The van der Waals surface area contributed by atoms with Crippen LogP contribution in [-0.2, 0) is 0 Å². The molecule has 0 aliphatic carbocycles. The second kappa shape index (κ2) is 5.93. The van der Waals surface area contributed by atoms with Crippen molar-refractivity contribution < 1.29 is 4.79 Å². The Balaban J connectivity index is 1.56. The highest BCUT2D eigenvalue weighted by molar-refractivity contribution is 9.10. The van der Waals surface area contributed by atoms with Gasteiger partial charge in [-0.1, -0.05) is 28.1 Å². The summed E-state index contributed by atoms with van der Waals surface area (Å²) in [5.74, 6) is 0.899. The SMILES string of the molecule is O=C(Nc1cc(-c2nc3ccccc3[nH]2)[nH]n1)c1ccc(Br)cc1. The number of carbonyl (C=O) groups excluding carboxylic acids is 1. The number of nitrogens with one attached hydrogen (secondary N) is 3. The van der Waals surface area contributed by atoms with Gasteiger partial charge in [0.25, 0.3) is 5.91 Å². The Morgan fingerprint density at radius 3 is 2.67 bits per heavy atom. The third-order valence-corrected chi connectivity index (χ3v) is 4.10. The molecule has 24 heavy (non-hydrogen) atoms. The largest absolute Gasteiger partial charge is 0.337 e. The lowest BCUT2D eigenvalue weighted by Gasteiger charge is -2.01. The molecular formula is C17H12BrN5O. The van der Waals surface area contributed by atoms with Gasteiger partial charge in [-0.15, -0.1) is 0 Å². The number of fused-ring (bicyclic) bond motifs is 1. The summed E-state index contributed by atoms with van der Waals surface area (Å²) in [4.78, 5) is 19.9. The maximum Gasteiger partial charge on any atom is 0.256 e. The van der Waals surface area contributed by atoms with Gasteiger partial charge in [0, 0.05) is 16.1 Å². The standard InChI is InChI=1S/C17H12BrN5O/c18-11-7-5-10(6-8-11)17(24)21-15-9-14(22-23-15)16-19-12-3-1-2-4-13(12)20-16/h1-9H,(H,19,20)(H2,21,22,23,24). The molecule has 0 fully saturated rings. The van der Waals surface area contributed by atoms with Crippen LogP contribution in [0.1, 0.15) is 10.4 Å². The Morgan fingerprint density at radius 1 is 1.08 bits per heavy atom. The van der Waals surface area contributed by atoms with Crippen molar-refractivity contribution in [2.24, 2.45) is 0 Å². The highest BCUT2D eigenvalue weighted by Crippen LogP contribution is 2.21. The predicted molar refractivity (Wildman–Crippen MR) is 95.8 cm³/mol. The minimum atomic E-state index is -0.217. The number of anilines is 1. The van der Waals surface area contributed by atoms with Crippen LogP contribution in [0.25, 0.3) is 22.6 Å². The van der Waals surface area contributed by atoms with Gasteiger partial charge < -0.3 is 10.3 Å². The summed E-state index contributed by atoms with van der Waals surface area (Å²) in [6, 6.07) is 16.6. The van der Waals surface area contributed by atoms with Crippen LogP contribution in [0.15, 0.2) is 59.1 Å². The molecule has 0 atom stereocenters. The lowest BCUT2D eigenvalue weighted by atomic mass is 10.2. The van der Waals surface area contributed by atoms with Gasteiger partial charge in [0.15, 0.2) is 11.6 Å². The molecule has 1 amide bonds. The topological polar surface area (TPSA) is 86.5 Å². The quantitative estimate of drug-likeness (QED) is 0.501. The van der Waals surface area contributed by atoms with Crippen molar-refractivity contribution >= 4 is 38.7 Å². The number of H-pyrrole nitrogens is 2. The molecule has 4 aromatic rings. The number of imidazole rings is 1. The molecule has 0 radical (unpaired) electrons. The number of hydrogen-bond acceptors (Lipinski definition) is 3. The number of carbonyl (C=O) groups is 1. The van der Waals surface area contributed by atoms with E-state index in [4.69, 9.17) is 0 Å². The van der Waals surface area contributed by atoms with Crippen molar-refractivity contribution in [3.05, 3.63) is 64.6 Å². The number of amides is 1. The molecule has 0 bridgehead atoms. The summed E-state index contributed by atoms with van der Waals surface area (Å²) in [7, 11) is 0. The van der Waals surface area contributed by atoms with Crippen molar-refractivity contribution in [2.75, 3.05) is 5.32 Å². The maximum absolute atomic E-state index is 12.2. The summed E-state index contributed by atoms with van der Waals surface area (Å²) in [6.45, 7) is 0. The molecule has 7 heteroatoms. The molecule has 0 aliphatic heterocycles. The smallest absolute Gasteiger partial charge is 0.256 e. The normalized spacial score (nSPS) is 10.9. The van der Waals surface area contributed by atoms with Crippen LogP contribution in [0.2, 0.25) is 0 Å². The fourth-order valence-corrected chi connectivity index (χ4v) is 2.64. The van der Waals surface area contributed by atoms with E-state index in [2.05, 4.69) is 41.4 Å². The zero-order valence-corrected chi connectivity index (χ0v) is 14.0. The highest BCUT2D eigenvalue weighted by atomic mass is 79.9. The number of rotatable bonds is 3. The van der Waals surface area contributed by atoms with Crippen LogP contribution in [-0.4, -0.2) is 26.1 Å². The Morgan fingerprint density at radius 2 is 1.88 bits per heavy atom. The van der Waals surface area contributed by atoms with E-state index in [9.17, 15) is 4.79 Å². The molecule has 0 unspecified atom stereocenters. The Kier molecular flexibility index (Phi) is 3.62. The van der Waals surface area contributed by atoms with Crippen LogP contribution in [0, 0.1) is 0 Å². The van der Waals surface area contributed by atoms with Gasteiger partial charge >= 0.3 is 0 Å². The monoisotopic (exact) mass is 381 g/mol. The molecule has 2 heterocycles. The number of aromatic nitrogens is 4. The molecule has 3 N–H and O–H groups in total. The lowest BCUT2D eigenvalue weighted by Crippen LogP contribution is -2.11. The van der Waals surface area contributed by atoms with E-state index < -0.39 is 0 Å². The van der Waals surface area contributed by atoms with Gasteiger partial charge in [-0.25, -0.2) is 4.98 Å². The molecule has 0 spiro atoms. The number of halogens is 1. The molecule has 4 rings (SSSR count). The lowest BCUT2D eigenvalue weighted by molar-refractivity contribution is 0.102. The van der Waals surface area contributed by atoms with Gasteiger partial charge in [0.05, 0.1) is 11.0 Å². The van der Waals surface area contributed by atoms with Gasteiger partial charge in [-0.3, -0.25) is 9.89 Å². The van der Waals surface area contributed by atoms with Crippen molar-refractivity contribution in [3.8, 4) is 11.5 Å². The van der Waals surface area contributed by atoms with Crippen LogP contribution >= 0.6 is 15.9 Å². The summed E-state index contributed by atoms with van der Waals surface area (Å²) in [6.07, 6.45) is 0. The molecule has 0 saturated carbocycles. The fraction of sp³-hybridized carbons (Fsp3) is 0. The Bertz CT molecular complexity index is 986. The van der Waals surface area contributed by atoms with Gasteiger partial charge in [0.2, 0.25) is 0 Å². The van der Waals surface area contributed by atoms with Crippen LogP contribution in [0.3, 0.4) is 0 Å². The summed E-state index contributed by atoms with van der Waals surface area (Å²) >= 11 is 3.35. The molecule has 118 valence electrons. The zero-order valence-electron chi connectivity index (χ0n) is 12.4. The second-order valence-electron chi connectivity index (χ2n) is 5.23. The van der Waals surface area contributed by atoms with E-state index in [1.165, 1.54) is 0 Å². The van der Waals surface area contributed by atoms with Gasteiger partial charge in [0.1, 0.15) is 5.69 Å². The van der Waals surface area contributed by atoms with Gasteiger partial charge in [-0.2, -0.15) is 5.10 Å². The van der Waals surface area contributed by atoms with Crippen LogP contribution < -0.4 is 5.32 Å². The first-order valence-electron chi connectivity index (χ1n) is 7.26. The first kappa shape index (κ1) is 14.6. The van der Waals surface area contributed by atoms with E-state index in [1.807, 2.05) is 36.4 Å². The van der Waals surface area contributed by atoms with E-state index in [0.29, 0.717) is 22.9 Å². The van der Waals surface area contributed by atoms with Crippen LogP contribution in [0.4, 0.5) is 5.82 Å². The van der Waals surface area contributed by atoms with Crippen molar-refractivity contribution in [1.82, 2.24) is 20.2 Å². The Labute approximate surface area is 145 Å². The summed E-state index contributed by atoms with van der Waals surface area (Å²) in [5.41, 5.74) is 3.09. The summed E-state index contributed by atoms with van der Waals surface area (Å²) in [5, 5.41) is 9.77. The minimum absolute atomic E-state index is 0.217. The molecular weight excluding hydrogens is 370 g/mol. The molecule has 2 aromatic heterocycles. The summed E-state index contributed by atoms with van der Waals surface area (Å²) < 4.78 is 0.922. The molecule has 2 aromatic carbocycles. The van der Waals surface area contributed by atoms with E-state index in [1.54, 1.807) is 18.2 Å². The fourth-order valence-electron chi connectivity index (χ4n) is 2.38. The van der Waals surface area contributed by atoms with Gasteiger partial charge in [-0.05, 0) is 36.4 Å². The number of para-hydroxylation sites is 2.